The lowest BCUT2D eigenvalue weighted by atomic mass is 9.81. The van der Waals surface area contributed by atoms with E-state index in [9.17, 15) is 24.6 Å². The largest absolute Gasteiger partial charge is 0.465 e. The third-order valence-corrected chi connectivity index (χ3v) is 8.61. The summed E-state index contributed by atoms with van der Waals surface area (Å²) in [5.74, 6) is -0.760. The average molecular weight is 667 g/mol. The molecule has 0 spiro atoms. The number of hydrogen-bond donors (Lipinski definition) is 5. The number of aromatic nitrogens is 1. The Bertz CT molecular complexity index is 1630. The molecule has 49 heavy (non-hydrogen) atoms. The van der Waals surface area contributed by atoms with E-state index in [2.05, 4.69) is 20.9 Å². The standard InChI is InChI=1S/C39H46N4O6/c1-39(2,3)35(43-38(48)49-4)36(45)41-32(31(30-13-9-6-10-14-30)23-26-11-7-5-8-12-26)25-34(44)33(42-37(46)47)24-27-15-17-28(18-16-27)29-19-21-40-22-20-29/h5-22,31-35,42,44H,23-25H2,1-4H3,(H,41,45)(H,43,48)(H,46,47)/t31?,32-,33-,34+,35+/m0/s1. The van der Waals surface area contributed by atoms with Crippen LogP contribution in [0.4, 0.5) is 9.59 Å². The Labute approximate surface area is 287 Å². The molecule has 10 heteroatoms. The fourth-order valence-corrected chi connectivity index (χ4v) is 6.00. The molecule has 0 bridgehead atoms. The first-order chi connectivity index (χ1) is 23.4. The summed E-state index contributed by atoms with van der Waals surface area (Å²) in [5, 5.41) is 29.9. The van der Waals surface area contributed by atoms with Crippen molar-refractivity contribution in [1.82, 2.24) is 20.9 Å². The minimum atomic E-state index is -1.27. The van der Waals surface area contributed by atoms with Crippen molar-refractivity contribution in [1.29, 1.82) is 0 Å². The molecule has 4 aromatic rings. The van der Waals surface area contributed by atoms with Crippen molar-refractivity contribution in [2.75, 3.05) is 7.11 Å². The third-order valence-electron chi connectivity index (χ3n) is 8.61. The first kappa shape index (κ1) is 36.6. The van der Waals surface area contributed by atoms with Gasteiger partial charge in [-0.1, -0.05) is 106 Å². The van der Waals surface area contributed by atoms with E-state index in [0.29, 0.717) is 6.42 Å². The maximum atomic E-state index is 14.0. The van der Waals surface area contributed by atoms with Gasteiger partial charge in [-0.15, -0.1) is 0 Å². The molecule has 0 aliphatic rings. The predicted molar refractivity (Wildman–Crippen MR) is 189 cm³/mol. The summed E-state index contributed by atoms with van der Waals surface area (Å²) in [5.41, 5.74) is 4.10. The third kappa shape index (κ3) is 10.9. The summed E-state index contributed by atoms with van der Waals surface area (Å²) in [6.07, 6.45) is 1.01. The normalized spacial score (nSPS) is 14.4. The molecule has 3 aromatic carbocycles. The van der Waals surface area contributed by atoms with Crippen molar-refractivity contribution in [3.05, 3.63) is 126 Å². The highest BCUT2D eigenvalue weighted by Crippen LogP contribution is 2.30. The Morgan fingerprint density at radius 1 is 0.735 bits per heavy atom. The molecule has 4 rings (SSSR count). The number of nitrogens with one attached hydrogen (secondary N) is 3. The van der Waals surface area contributed by atoms with Gasteiger partial charge >= 0.3 is 12.2 Å². The summed E-state index contributed by atoms with van der Waals surface area (Å²) in [6, 6.07) is 28.6. The van der Waals surface area contributed by atoms with Crippen LogP contribution in [0.15, 0.2) is 109 Å². The van der Waals surface area contributed by atoms with Gasteiger partial charge in [0.2, 0.25) is 5.91 Å². The predicted octanol–water partition coefficient (Wildman–Crippen LogP) is 5.96. The number of hydrogen-bond acceptors (Lipinski definition) is 6. The van der Waals surface area contributed by atoms with E-state index in [1.807, 2.05) is 118 Å². The Morgan fingerprint density at radius 2 is 1.31 bits per heavy atom. The number of aliphatic hydroxyl groups is 1. The number of rotatable bonds is 14. The number of amides is 3. The van der Waals surface area contributed by atoms with Crippen LogP contribution in [0.1, 0.15) is 49.8 Å². The van der Waals surface area contributed by atoms with E-state index in [4.69, 9.17) is 4.74 Å². The van der Waals surface area contributed by atoms with Crippen molar-refractivity contribution in [3.8, 4) is 11.1 Å². The molecule has 1 unspecified atom stereocenters. The van der Waals surface area contributed by atoms with Crippen LogP contribution in [-0.4, -0.2) is 64.6 Å². The van der Waals surface area contributed by atoms with E-state index >= 15 is 0 Å². The van der Waals surface area contributed by atoms with Crippen molar-refractivity contribution < 1.29 is 29.3 Å². The van der Waals surface area contributed by atoms with Gasteiger partial charge in [0.25, 0.3) is 0 Å². The molecular formula is C39H46N4O6. The summed E-state index contributed by atoms with van der Waals surface area (Å²) in [4.78, 5) is 42.4. The molecule has 3 amide bonds. The molecule has 0 radical (unpaired) electrons. The number of nitrogens with zero attached hydrogens (tertiary/aromatic N) is 1. The lowest BCUT2D eigenvalue weighted by molar-refractivity contribution is -0.126. The first-order valence-corrected chi connectivity index (χ1v) is 16.3. The van der Waals surface area contributed by atoms with Crippen LogP contribution in [0.5, 0.6) is 0 Å². The molecule has 1 aromatic heterocycles. The van der Waals surface area contributed by atoms with Gasteiger partial charge in [-0.3, -0.25) is 9.78 Å². The zero-order chi connectivity index (χ0) is 35.4. The number of alkyl carbamates (subject to hydrolysis) is 1. The highest BCUT2D eigenvalue weighted by molar-refractivity contribution is 5.86. The van der Waals surface area contributed by atoms with E-state index in [0.717, 1.165) is 27.8 Å². The molecule has 0 saturated heterocycles. The smallest absolute Gasteiger partial charge is 0.407 e. The molecule has 0 saturated carbocycles. The SMILES string of the molecule is COC(=O)N[C@H](C(=O)N[C@@H](C[C@@H](O)[C@H](Cc1ccc(-c2ccncc2)cc1)NC(=O)O)C(Cc1ccccc1)c1ccccc1)C(C)(C)C. The van der Waals surface area contributed by atoms with Gasteiger partial charge in [0.1, 0.15) is 6.04 Å². The lowest BCUT2D eigenvalue weighted by Gasteiger charge is -2.36. The number of pyridine rings is 1. The summed E-state index contributed by atoms with van der Waals surface area (Å²) in [6.45, 7) is 5.51. The van der Waals surface area contributed by atoms with Crippen molar-refractivity contribution in [2.45, 2.75) is 70.2 Å². The van der Waals surface area contributed by atoms with Crippen LogP contribution < -0.4 is 16.0 Å². The fraction of sp³-hybridized carbons (Fsp3) is 0.333. The minimum Gasteiger partial charge on any atom is -0.465 e. The molecule has 1 heterocycles. The zero-order valence-corrected chi connectivity index (χ0v) is 28.4. The second-order valence-electron chi connectivity index (χ2n) is 13.3. The van der Waals surface area contributed by atoms with Gasteiger partial charge in [-0.2, -0.15) is 0 Å². The van der Waals surface area contributed by atoms with Crippen LogP contribution in [0.3, 0.4) is 0 Å². The maximum Gasteiger partial charge on any atom is 0.407 e. The van der Waals surface area contributed by atoms with Gasteiger partial charge in [-0.05, 0) is 64.6 Å². The second kappa shape index (κ2) is 17.3. The van der Waals surface area contributed by atoms with Gasteiger partial charge in [0.05, 0.1) is 19.3 Å². The molecule has 5 N–H and O–H groups in total. The molecule has 5 atom stereocenters. The Hall–Kier alpha value is -5.22. The lowest BCUT2D eigenvalue weighted by Crippen LogP contribution is -2.57. The van der Waals surface area contributed by atoms with E-state index in [-0.39, 0.29) is 18.8 Å². The number of carbonyl (C=O) groups excluding carboxylic acids is 2. The van der Waals surface area contributed by atoms with Gasteiger partial charge in [0, 0.05) is 24.4 Å². The highest BCUT2D eigenvalue weighted by atomic mass is 16.5. The number of carbonyl (C=O) groups is 3. The van der Waals surface area contributed by atoms with Crippen LogP contribution in [0.25, 0.3) is 11.1 Å². The average Bonchev–Trinajstić information content (AvgIpc) is 3.09. The van der Waals surface area contributed by atoms with Crippen molar-refractivity contribution in [3.63, 3.8) is 0 Å². The summed E-state index contributed by atoms with van der Waals surface area (Å²) < 4.78 is 4.81. The van der Waals surface area contributed by atoms with Crippen molar-refractivity contribution >= 4 is 18.1 Å². The van der Waals surface area contributed by atoms with Gasteiger partial charge in [0.15, 0.2) is 0 Å². The molecule has 0 aliphatic carbocycles. The first-order valence-electron chi connectivity index (χ1n) is 16.3. The van der Waals surface area contributed by atoms with E-state index < -0.39 is 47.7 Å². The minimum absolute atomic E-state index is 0.0211. The van der Waals surface area contributed by atoms with E-state index in [1.54, 1.807) is 12.4 Å². The second-order valence-corrected chi connectivity index (χ2v) is 13.3. The van der Waals surface area contributed by atoms with Crippen molar-refractivity contribution in [2.24, 2.45) is 5.41 Å². The highest BCUT2D eigenvalue weighted by Gasteiger charge is 2.37. The molecule has 0 aliphatic heterocycles. The maximum absolute atomic E-state index is 14.0. The topological polar surface area (TPSA) is 150 Å². The zero-order valence-electron chi connectivity index (χ0n) is 28.4. The quantitative estimate of drug-likeness (QED) is 0.111. The Morgan fingerprint density at radius 3 is 1.88 bits per heavy atom. The Balaban J connectivity index is 1.68. The molecule has 258 valence electrons. The number of ether oxygens (including phenoxy) is 1. The number of aliphatic hydroxyl groups excluding tert-OH is 1. The molecule has 10 nitrogen and oxygen atoms in total. The number of benzene rings is 3. The van der Waals surface area contributed by atoms with E-state index in [1.165, 1.54) is 7.11 Å². The van der Waals surface area contributed by atoms with Gasteiger partial charge < -0.3 is 30.9 Å². The fourth-order valence-electron chi connectivity index (χ4n) is 6.00. The van der Waals surface area contributed by atoms with Crippen LogP contribution in [0.2, 0.25) is 0 Å². The summed E-state index contributed by atoms with van der Waals surface area (Å²) in [7, 11) is 1.24. The Kier molecular flexibility index (Phi) is 12.9. The van der Waals surface area contributed by atoms with Gasteiger partial charge in [-0.25, -0.2) is 9.59 Å². The monoisotopic (exact) mass is 666 g/mol. The van der Waals surface area contributed by atoms with Crippen LogP contribution in [0, 0.1) is 5.41 Å². The van der Waals surface area contributed by atoms with Crippen LogP contribution >= 0.6 is 0 Å². The number of carboxylic acid groups (broad SMARTS) is 1. The molecular weight excluding hydrogens is 620 g/mol. The summed E-state index contributed by atoms with van der Waals surface area (Å²) >= 11 is 0. The number of methoxy groups -OCH3 is 1. The molecule has 0 fully saturated rings. The van der Waals surface area contributed by atoms with Crippen LogP contribution in [-0.2, 0) is 22.4 Å².